The number of hydrogen-bond donors (Lipinski definition) is 1. The Bertz CT molecular complexity index is 662. The molecule has 0 aliphatic carbocycles. The van der Waals surface area contributed by atoms with Crippen molar-refractivity contribution in [2.45, 2.75) is 48.6 Å². The first kappa shape index (κ1) is 35.9. The van der Waals surface area contributed by atoms with Gasteiger partial charge in [0.2, 0.25) is 0 Å². The van der Waals surface area contributed by atoms with Gasteiger partial charge in [-0.25, -0.2) is 9.97 Å². The summed E-state index contributed by atoms with van der Waals surface area (Å²) in [5.41, 5.74) is 0. The third-order valence-electron chi connectivity index (χ3n) is 4.60. The van der Waals surface area contributed by atoms with Crippen molar-refractivity contribution >= 4 is 55.8 Å². The molecule has 2 rings (SSSR count). The molecule has 0 unspecified atom stereocenters. The Morgan fingerprint density at radius 3 is 1.50 bits per heavy atom. The van der Waals surface area contributed by atoms with E-state index < -0.39 is 0 Å². The third kappa shape index (κ3) is 24.9. The van der Waals surface area contributed by atoms with E-state index in [4.69, 9.17) is 18.9 Å². The van der Waals surface area contributed by atoms with Gasteiger partial charge in [-0.3, -0.25) is 0 Å². The van der Waals surface area contributed by atoms with Crippen molar-refractivity contribution in [3.05, 3.63) is 48.8 Å². The lowest BCUT2D eigenvalue weighted by Crippen LogP contribution is -2.06. The van der Waals surface area contributed by atoms with Gasteiger partial charge >= 0.3 is 0 Å². The molecule has 0 aliphatic heterocycles. The molecule has 216 valence electrons. The van der Waals surface area contributed by atoms with E-state index in [9.17, 15) is 0 Å². The van der Waals surface area contributed by atoms with Crippen LogP contribution in [0.4, 0.5) is 0 Å². The summed E-state index contributed by atoms with van der Waals surface area (Å²) in [7, 11) is 8.87. The van der Waals surface area contributed by atoms with Crippen molar-refractivity contribution in [3.8, 4) is 0 Å². The van der Waals surface area contributed by atoms with Gasteiger partial charge in [-0.1, -0.05) is 33.7 Å². The van der Waals surface area contributed by atoms with E-state index in [0.717, 1.165) is 72.8 Å². The SMILES string of the molecule is COCCOCCCCS.c1ccc(SSCCCCOCCOCCCCSSc2ccccn2)nc1. The second-order valence-corrected chi connectivity index (χ2v) is 13.1. The van der Waals surface area contributed by atoms with Crippen LogP contribution in [0, 0.1) is 0 Å². The Kier molecular flexibility index (Phi) is 28.2. The molecule has 0 aromatic carbocycles. The van der Waals surface area contributed by atoms with E-state index in [1.165, 1.54) is 12.8 Å². The average molecular weight is 621 g/mol. The fourth-order valence-electron chi connectivity index (χ4n) is 2.61. The number of nitrogens with zero attached hydrogens (tertiary/aromatic N) is 2. The highest BCUT2D eigenvalue weighted by molar-refractivity contribution is 8.77. The quantitative estimate of drug-likeness (QED) is 0.0721. The molecular weight excluding hydrogens is 577 g/mol. The van der Waals surface area contributed by atoms with Gasteiger partial charge < -0.3 is 18.9 Å². The lowest BCUT2D eigenvalue weighted by atomic mass is 10.3. The van der Waals surface area contributed by atoms with Gasteiger partial charge in [0.25, 0.3) is 0 Å². The predicted molar refractivity (Wildman–Crippen MR) is 171 cm³/mol. The van der Waals surface area contributed by atoms with Crippen LogP contribution in [-0.2, 0) is 18.9 Å². The van der Waals surface area contributed by atoms with Gasteiger partial charge in [-0.05, 0) is 90.1 Å². The Hall–Kier alpha value is -0.110. The summed E-state index contributed by atoms with van der Waals surface area (Å²) in [5.74, 6) is 3.20. The molecule has 0 fully saturated rings. The Balaban J connectivity index is 0.000000612. The summed E-state index contributed by atoms with van der Waals surface area (Å²) in [6, 6.07) is 12.0. The largest absolute Gasteiger partial charge is 0.382 e. The van der Waals surface area contributed by atoms with Gasteiger partial charge in [0.05, 0.1) is 26.4 Å². The highest BCUT2D eigenvalue weighted by atomic mass is 33.1. The Labute approximate surface area is 251 Å². The molecule has 2 aromatic rings. The predicted octanol–water partition coefficient (Wildman–Crippen LogP) is 7.61. The summed E-state index contributed by atoms with van der Waals surface area (Å²) < 4.78 is 21.3. The zero-order chi connectivity index (χ0) is 27.2. The zero-order valence-corrected chi connectivity index (χ0v) is 26.7. The van der Waals surface area contributed by atoms with Crippen molar-refractivity contribution < 1.29 is 18.9 Å². The van der Waals surface area contributed by atoms with Crippen molar-refractivity contribution in [1.82, 2.24) is 9.97 Å². The minimum atomic E-state index is 0.695. The van der Waals surface area contributed by atoms with Crippen molar-refractivity contribution in [2.75, 3.05) is 70.6 Å². The standard InChI is InChI=1S/C20H28N2O2S4.C7H16O2S/c1-3-11-21-19(9-1)27-25-17-7-5-13-23-15-16-24-14-6-8-18-26-28-20-10-2-4-12-22-20;1-8-5-6-9-4-2-3-7-10/h1-4,9-12H,5-8,13-18H2;10H,2-7H2,1H3. The Morgan fingerprint density at radius 2 is 1.08 bits per heavy atom. The lowest BCUT2D eigenvalue weighted by Gasteiger charge is -2.06. The van der Waals surface area contributed by atoms with Gasteiger partial charge in [0.1, 0.15) is 10.1 Å². The van der Waals surface area contributed by atoms with Crippen LogP contribution in [0.15, 0.2) is 58.8 Å². The number of ether oxygens (including phenoxy) is 4. The summed E-state index contributed by atoms with van der Waals surface area (Å²) in [4.78, 5) is 8.59. The average Bonchev–Trinajstić information content (AvgIpc) is 2.96. The molecule has 6 nitrogen and oxygen atoms in total. The van der Waals surface area contributed by atoms with Crippen LogP contribution in [0.3, 0.4) is 0 Å². The van der Waals surface area contributed by atoms with Gasteiger partial charge in [-0.15, -0.1) is 0 Å². The molecule has 0 amide bonds. The molecular formula is C27H44N2O4S5. The maximum atomic E-state index is 5.62. The van der Waals surface area contributed by atoms with Crippen molar-refractivity contribution in [1.29, 1.82) is 0 Å². The van der Waals surface area contributed by atoms with E-state index in [1.807, 2.05) is 70.4 Å². The summed E-state index contributed by atoms with van der Waals surface area (Å²) in [5, 5.41) is 2.15. The van der Waals surface area contributed by atoms with Crippen molar-refractivity contribution in [2.24, 2.45) is 0 Å². The van der Waals surface area contributed by atoms with Crippen LogP contribution in [0.1, 0.15) is 38.5 Å². The van der Waals surface area contributed by atoms with Crippen LogP contribution >= 0.6 is 55.8 Å². The summed E-state index contributed by atoms with van der Waals surface area (Å²) in [6.45, 7) is 5.27. The second-order valence-electron chi connectivity index (χ2n) is 7.82. The minimum Gasteiger partial charge on any atom is -0.382 e. The van der Waals surface area contributed by atoms with Gasteiger partial charge in [0.15, 0.2) is 0 Å². The smallest absolute Gasteiger partial charge is 0.106 e. The van der Waals surface area contributed by atoms with E-state index in [2.05, 4.69) is 22.6 Å². The van der Waals surface area contributed by atoms with Crippen LogP contribution < -0.4 is 0 Å². The molecule has 2 heterocycles. The van der Waals surface area contributed by atoms with E-state index in [1.54, 1.807) is 28.7 Å². The second kappa shape index (κ2) is 29.9. The molecule has 0 spiro atoms. The summed E-state index contributed by atoms with van der Waals surface area (Å²) >= 11 is 4.08. The van der Waals surface area contributed by atoms with Crippen LogP contribution in [-0.4, -0.2) is 80.6 Å². The topological polar surface area (TPSA) is 62.7 Å². The number of aromatic nitrogens is 2. The van der Waals surface area contributed by atoms with Gasteiger partial charge in [-0.2, -0.15) is 12.6 Å². The number of unbranched alkanes of at least 4 members (excludes halogenated alkanes) is 3. The molecule has 2 aromatic heterocycles. The van der Waals surface area contributed by atoms with Crippen molar-refractivity contribution in [3.63, 3.8) is 0 Å². The highest BCUT2D eigenvalue weighted by Gasteiger charge is 1.97. The zero-order valence-electron chi connectivity index (χ0n) is 22.5. The summed E-state index contributed by atoms with van der Waals surface area (Å²) in [6.07, 6.45) is 10.4. The first-order chi connectivity index (χ1) is 18.9. The molecule has 0 N–H and O–H groups in total. The molecule has 0 saturated carbocycles. The number of methoxy groups -OCH3 is 1. The number of rotatable bonds is 24. The third-order valence-corrected chi connectivity index (χ3v) is 9.62. The van der Waals surface area contributed by atoms with E-state index in [-0.39, 0.29) is 0 Å². The molecule has 0 radical (unpaired) electrons. The van der Waals surface area contributed by atoms with E-state index >= 15 is 0 Å². The number of thiol groups is 1. The number of pyridine rings is 2. The molecule has 38 heavy (non-hydrogen) atoms. The lowest BCUT2D eigenvalue weighted by molar-refractivity contribution is 0.0459. The molecule has 0 atom stereocenters. The molecule has 0 saturated heterocycles. The maximum Gasteiger partial charge on any atom is 0.106 e. The van der Waals surface area contributed by atoms with Crippen LogP contribution in [0.2, 0.25) is 0 Å². The molecule has 0 aliphatic rings. The minimum absolute atomic E-state index is 0.695. The monoisotopic (exact) mass is 620 g/mol. The normalized spacial score (nSPS) is 10.8. The fraction of sp³-hybridized carbons (Fsp3) is 0.630. The molecule has 0 bridgehead atoms. The maximum absolute atomic E-state index is 5.62. The van der Waals surface area contributed by atoms with Crippen LogP contribution in [0.25, 0.3) is 0 Å². The first-order valence-corrected chi connectivity index (χ1v) is 18.4. The number of hydrogen-bond acceptors (Lipinski definition) is 11. The fourth-order valence-corrected chi connectivity index (χ4v) is 6.88. The van der Waals surface area contributed by atoms with Gasteiger partial charge in [0, 0.05) is 50.8 Å². The van der Waals surface area contributed by atoms with Crippen LogP contribution in [0.5, 0.6) is 0 Å². The highest BCUT2D eigenvalue weighted by Crippen LogP contribution is 2.30. The first-order valence-electron chi connectivity index (χ1n) is 13.1. The molecule has 11 heteroatoms. The Morgan fingerprint density at radius 1 is 0.605 bits per heavy atom. The van der Waals surface area contributed by atoms with E-state index in [0.29, 0.717) is 26.4 Å².